The van der Waals surface area contributed by atoms with Gasteiger partial charge < -0.3 is 10.6 Å². The first-order chi connectivity index (χ1) is 9.15. The van der Waals surface area contributed by atoms with Gasteiger partial charge in [0.2, 0.25) is 0 Å². The van der Waals surface area contributed by atoms with Gasteiger partial charge in [-0.2, -0.15) is 0 Å². The Kier molecular flexibility index (Phi) is 2.90. The van der Waals surface area contributed by atoms with Crippen molar-refractivity contribution in [3.8, 4) is 0 Å². The third-order valence-corrected chi connectivity index (χ3v) is 3.89. The van der Waals surface area contributed by atoms with E-state index in [0.717, 1.165) is 36.4 Å². The highest BCUT2D eigenvalue weighted by Crippen LogP contribution is 2.30. The maximum Gasteiger partial charge on any atom is 0.125 e. The lowest BCUT2D eigenvalue weighted by molar-refractivity contribution is 0.627. The predicted molar refractivity (Wildman–Crippen MR) is 76.7 cm³/mol. The summed E-state index contributed by atoms with van der Waals surface area (Å²) < 4.78 is 13.4. The van der Waals surface area contributed by atoms with Crippen LogP contribution < -0.4 is 10.6 Å². The molecule has 2 nitrogen and oxygen atoms in total. The molecule has 0 unspecified atom stereocenters. The fourth-order valence-corrected chi connectivity index (χ4v) is 2.66. The summed E-state index contributed by atoms with van der Waals surface area (Å²) in [6.07, 6.45) is 0.983. The standard InChI is InChI=1S/C16H17FN2/c1-11-13(3-2-4-15(11)18)10-19-8-7-12-5-6-14(17)9-16(12)19/h2-6,9H,7-8,10,18H2,1H3. The number of rotatable bonds is 2. The number of anilines is 2. The van der Waals surface area contributed by atoms with Gasteiger partial charge in [-0.1, -0.05) is 18.2 Å². The molecule has 0 aromatic heterocycles. The van der Waals surface area contributed by atoms with Gasteiger partial charge >= 0.3 is 0 Å². The maximum absolute atomic E-state index is 13.4. The normalized spacial score (nSPS) is 13.7. The van der Waals surface area contributed by atoms with Crippen molar-refractivity contribution in [1.82, 2.24) is 0 Å². The number of benzene rings is 2. The van der Waals surface area contributed by atoms with Crippen LogP contribution in [0, 0.1) is 12.7 Å². The zero-order chi connectivity index (χ0) is 13.4. The summed E-state index contributed by atoms with van der Waals surface area (Å²) in [5.74, 6) is -0.171. The van der Waals surface area contributed by atoms with Crippen LogP contribution in [0.25, 0.3) is 0 Å². The minimum absolute atomic E-state index is 0.171. The minimum Gasteiger partial charge on any atom is -0.399 e. The zero-order valence-electron chi connectivity index (χ0n) is 11.0. The van der Waals surface area contributed by atoms with Crippen molar-refractivity contribution in [2.45, 2.75) is 19.9 Å². The summed E-state index contributed by atoms with van der Waals surface area (Å²) in [5.41, 5.74) is 11.3. The average Bonchev–Trinajstić information content (AvgIpc) is 2.78. The molecule has 3 heteroatoms. The predicted octanol–water partition coefficient (Wildman–Crippen LogP) is 3.28. The molecule has 19 heavy (non-hydrogen) atoms. The summed E-state index contributed by atoms with van der Waals surface area (Å²) in [5, 5.41) is 0. The molecule has 2 N–H and O–H groups in total. The van der Waals surface area contributed by atoms with Crippen LogP contribution in [0.2, 0.25) is 0 Å². The summed E-state index contributed by atoms with van der Waals surface area (Å²) in [6.45, 7) is 3.76. The number of fused-ring (bicyclic) bond motifs is 1. The van der Waals surface area contributed by atoms with Crippen molar-refractivity contribution in [3.63, 3.8) is 0 Å². The van der Waals surface area contributed by atoms with Crippen LogP contribution in [0.4, 0.5) is 15.8 Å². The van der Waals surface area contributed by atoms with E-state index in [9.17, 15) is 4.39 Å². The van der Waals surface area contributed by atoms with Gasteiger partial charge in [-0.25, -0.2) is 4.39 Å². The topological polar surface area (TPSA) is 29.3 Å². The van der Waals surface area contributed by atoms with Crippen LogP contribution >= 0.6 is 0 Å². The first-order valence-corrected chi connectivity index (χ1v) is 6.52. The highest BCUT2D eigenvalue weighted by atomic mass is 19.1. The van der Waals surface area contributed by atoms with Crippen molar-refractivity contribution >= 4 is 11.4 Å². The average molecular weight is 256 g/mol. The fraction of sp³-hybridized carbons (Fsp3) is 0.250. The molecule has 0 bridgehead atoms. The van der Waals surface area contributed by atoms with E-state index in [1.807, 2.05) is 25.1 Å². The van der Waals surface area contributed by atoms with Crippen LogP contribution in [-0.4, -0.2) is 6.54 Å². The Labute approximate surface area is 112 Å². The van der Waals surface area contributed by atoms with Crippen molar-refractivity contribution in [2.24, 2.45) is 0 Å². The molecule has 0 spiro atoms. The smallest absolute Gasteiger partial charge is 0.125 e. The Balaban J connectivity index is 1.90. The van der Waals surface area contributed by atoms with Gasteiger partial charge in [-0.15, -0.1) is 0 Å². The summed E-state index contributed by atoms with van der Waals surface area (Å²) in [6, 6.07) is 11.0. The van der Waals surface area contributed by atoms with Gasteiger partial charge in [0.15, 0.2) is 0 Å². The molecule has 0 atom stereocenters. The lowest BCUT2D eigenvalue weighted by Crippen LogP contribution is -2.20. The lowest BCUT2D eigenvalue weighted by atomic mass is 10.1. The third kappa shape index (κ3) is 2.16. The van der Waals surface area contributed by atoms with E-state index in [-0.39, 0.29) is 5.82 Å². The lowest BCUT2D eigenvalue weighted by Gasteiger charge is -2.21. The second kappa shape index (κ2) is 4.57. The zero-order valence-corrected chi connectivity index (χ0v) is 11.0. The molecule has 2 aromatic rings. The number of nitrogens with zero attached hydrogens (tertiary/aromatic N) is 1. The van der Waals surface area contributed by atoms with E-state index < -0.39 is 0 Å². The summed E-state index contributed by atoms with van der Waals surface area (Å²) >= 11 is 0. The molecule has 3 rings (SSSR count). The van der Waals surface area contributed by atoms with Crippen LogP contribution in [0.15, 0.2) is 36.4 Å². The first-order valence-electron chi connectivity index (χ1n) is 6.52. The highest BCUT2D eigenvalue weighted by Gasteiger charge is 2.20. The SMILES string of the molecule is Cc1c(N)cccc1CN1CCc2ccc(F)cc21. The van der Waals surface area contributed by atoms with Gasteiger partial charge in [0, 0.05) is 24.5 Å². The maximum atomic E-state index is 13.4. The quantitative estimate of drug-likeness (QED) is 0.835. The van der Waals surface area contributed by atoms with E-state index in [1.54, 1.807) is 6.07 Å². The van der Waals surface area contributed by atoms with Crippen molar-refractivity contribution in [3.05, 3.63) is 58.9 Å². The number of nitrogens with two attached hydrogens (primary N) is 1. The Bertz CT molecular complexity index is 622. The minimum atomic E-state index is -0.171. The van der Waals surface area contributed by atoms with Crippen LogP contribution in [-0.2, 0) is 13.0 Å². The number of hydrogen-bond acceptors (Lipinski definition) is 2. The number of nitrogen functional groups attached to an aromatic ring is 1. The molecule has 0 saturated heterocycles. The Morgan fingerprint density at radius 1 is 1.26 bits per heavy atom. The number of hydrogen-bond donors (Lipinski definition) is 1. The van der Waals surface area contributed by atoms with Crippen molar-refractivity contribution in [1.29, 1.82) is 0 Å². The van der Waals surface area contributed by atoms with Crippen LogP contribution in [0.5, 0.6) is 0 Å². The Morgan fingerprint density at radius 3 is 2.95 bits per heavy atom. The summed E-state index contributed by atoms with van der Waals surface area (Å²) in [7, 11) is 0. The fourth-order valence-electron chi connectivity index (χ4n) is 2.66. The van der Waals surface area contributed by atoms with Crippen LogP contribution in [0.1, 0.15) is 16.7 Å². The molecule has 0 saturated carbocycles. The molecule has 1 aliphatic heterocycles. The van der Waals surface area contributed by atoms with E-state index in [1.165, 1.54) is 17.2 Å². The van der Waals surface area contributed by atoms with Gasteiger partial charge in [0.1, 0.15) is 5.82 Å². The molecule has 98 valence electrons. The van der Waals surface area contributed by atoms with E-state index in [4.69, 9.17) is 5.73 Å². The molecule has 1 heterocycles. The largest absolute Gasteiger partial charge is 0.399 e. The van der Waals surface area contributed by atoms with Gasteiger partial charge in [-0.3, -0.25) is 0 Å². The molecule has 0 aliphatic carbocycles. The highest BCUT2D eigenvalue weighted by molar-refractivity contribution is 5.59. The van der Waals surface area contributed by atoms with E-state index >= 15 is 0 Å². The van der Waals surface area contributed by atoms with Crippen molar-refractivity contribution < 1.29 is 4.39 Å². The van der Waals surface area contributed by atoms with E-state index in [0.29, 0.717) is 0 Å². The molecule has 0 amide bonds. The van der Waals surface area contributed by atoms with Crippen molar-refractivity contribution in [2.75, 3.05) is 17.2 Å². The van der Waals surface area contributed by atoms with Gasteiger partial charge in [-0.05, 0) is 48.2 Å². The number of halogens is 1. The van der Waals surface area contributed by atoms with E-state index in [2.05, 4.69) is 11.0 Å². The van der Waals surface area contributed by atoms with Gasteiger partial charge in [0.25, 0.3) is 0 Å². The molecule has 0 fully saturated rings. The van der Waals surface area contributed by atoms with Gasteiger partial charge in [0.05, 0.1) is 0 Å². The molecular formula is C16H17FN2. The van der Waals surface area contributed by atoms with Crippen LogP contribution in [0.3, 0.4) is 0 Å². The molecule has 1 aliphatic rings. The molecule has 2 aromatic carbocycles. The second-order valence-electron chi connectivity index (χ2n) is 5.08. The Hall–Kier alpha value is -2.03. The second-order valence-corrected chi connectivity index (χ2v) is 5.08. The monoisotopic (exact) mass is 256 g/mol. The molecular weight excluding hydrogens is 239 g/mol. The Morgan fingerprint density at radius 2 is 2.11 bits per heavy atom. The first kappa shape index (κ1) is 12.0. The summed E-state index contributed by atoms with van der Waals surface area (Å²) in [4.78, 5) is 2.22. The molecule has 0 radical (unpaired) electrons. The third-order valence-electron chi connectivity index (χ3n) is 3.89.